The maximum absolute atomic E-state index is 12.4. The molecule has 0 spiro atoms. The zero-order chi connectivity index (χ0) is 18.7. The fourth-order valence-electron chi connectivity index (χ4n) is 2.77. The lowest BCUT2D eigenvalue weighted by molar-refractivity contribution is -0.158. The van der Waals surface area contributed by atoms with E-state index in [1.54, 1.807) is 34.6 Å². The first kappa shape index (κ1) is 19.6. The van der Waals surface area contributed by atoms with Gasteiger partial charge in [0.15, 0.2) is 0 Å². The fraction of sp³-hybridized carbons (Fsp3) is 0.421. The van der Waals surface area contributed by atoms with Crippen LogP contribution >= 0.6 is 0 Å². The number of carbonyl (C=O) groups excluding carboxylic acids is 1. The quantitative estimate of drug-likeness (QED) is 0.551. The Bertz CT molecular complexity index is 739. The molecule has 2 rings (SSSR count). The Morgan fingerprint density at radius 3 is 2.16 bits per heavy atom. The molecule has 0 aliphatic heterocycles. The minimum absolute atomic E-state index is 0.353. The fourth-order valence-corrected chi connectivity index (χ4v) is 3.98. The zero-order valence-electron chi connectivity index (χ0n) is 15.7. The average Bonchev–Trinajstić information content (AvgIpc) is 2.64. The number of carbonyl (C=O) groups is 1. The summed E-state index contributed by atoms with van der Waals surface area (Å²) in [6.45, 7) is 5.41. The van der Waals surface area contributed by atoms with Gasteiger partial charge in [0.1, 0.15) is 0 Å². The Hall–Kier alpha value is -1.73. The van der Waals surface area contributed by atoms with E-state index in [-0.39, 0.29) is 5.97 Å². The van der Waals surface area contributed by atoms with Crippen molar-refractivity contribution in [1.82, 2.24) is 0 Å². The van der Waals surface area contributed by atoms with Crippen molar-refractivity contribution in [2.45, 2.75) is 26.5 Å². The third-order valence-corrected chi connectivity index (χ3v) is 6.66. The summed E-state index contributed by atoms with van der Waals surface area (Å²) >= 11 is 0. The van der Waals surface area contributed by atoms with Crippen LogP contribution in [0.1, 0.15) is 25.5 Å². The van der Waals surface area contributed by atoms with Crippen molar-refractivity contribution >= 4 is 25.5 Å². The largest absolute Gasteiger partial charge is 0.497 e. The lowest BCUT2D eigenvalue weighted by atomic mass is 9.82. The molecule has 0 aliphatic rings. The first-order chi connectivity index (χ1) is 11.8. The third kappa shape index (κ3) is 4.09. The van der Waals surface area contributed by atoms with Crippen molar-refractivity contribution in [2.24, 2.45) is 5.41 Å². The van der Waals surface area contributed by atoms with Gasteiger partial charge in [-0.15, -0.1) is 0 Å². The van der Waals surface area contributed by atoms with Crippen LogP contribution in [0.15, 0.2) is 42.5 Å². The first-order valence-corrected chi connectivity index (χ1v) is 10.3. The molecule has 6 heteroatoms. The van der Waals surface area contributed by atoms with Crippen LogP contribution in [0.3, 0.4) is 0 Å². The second kappa shape index (κ2) is 7.66. The molecule has 0 saturated carbocycles. The number of hydrogen-bond donors (Lipinski definition) is 0. The molecule has 0 N–H and O–H groups in total. The van der Waals surface area contributed by atoms with E-state index < -0.39 is 20.3 Å². The molecular weight excluding hydrogens is 336 g/mol. The second-order valence-corrected chi connectivity index (χ2v) is 9.37. The molecule has 136 valence electrons. The van der Waals surface area contributed by atoms with Crippen molar-refractivity contribution < 1.29 is 22.8 Å². The summed E-state index contributed by atoms with van der Waals surface area (Å²) in [6, 6.07) is 14.1. The Morgan fingerprint density at radius 2 is 1.60 bits per heavy atom. The lowest BCUT2D eigenvalue weighted by Gasteiger charge is -2.36. The van der Waals surface area contributed by atoms with Crippen molar-refractivity contribution in [1.29, 1.82) is 0 Å². The van der Waals surface area contributed by atoms with E-state index in [0.29, 0.717) is 0 Å². The van der Waals surface area contributed by atoms with Gasteiger partial charge in [-0.3, -0.25) is 4.79 Å². The summed E-state index contributed by atoms with van der Waals surface area (Å²) in [7, 11) is 1.60. The number of methoxy groups -OCH3 is 1. The molecule has 0 fully saturated rings. The normalized spacial score (nSPS) is 13.7. The Labute approximate surface area is 150 Å². The van der Waals surface area contributed by atoms with Crippen LogP contribution in [0.5, 0.6) is 0 Å². The molecule has 0 aliphatic carbocycles. The molecule has 0 bridgehead atoms. The highest BCUT2D eigenvalue weighted by Crippen LogP contribution is 2.40. The summed E-state index contributed by atoms with van der Waals surface area (Å²) in [5.41, 5.74) is -0.0374. The number of benzene rings is 2. The predicted molar refractivity (Wildman–Crippen MR) is 99.2 cm³/mol. The average molecular weight is 362 g/mol. The molecule has 1 atom stereocenters. The maximum atomic E-state index is 12.4. The molecule has 25 heavy (non-hydrogen) atoms. The molecule has 0 aromatic heterocycles. The number of fused-ring (bicyclic) bond motifs is 1. The van der Waals surface area contributed by atoms with E-state index in [1.165, 1.54) is 7.11 Å². The molecule has 0 heterocycles. The molecular formula is C19H26O5Si. The minimum atomic E-state index is -2.89. The van der Waals surface area contributed by atoms with Gasteiger partial charge in [-0.1, -0.05) is 36.4 Å². The Morgan fingerprint density at radius 1 is 1.00 bits per heavy atom. The number of esters is 1. The molecule has 0 radical (unpaired) electrons. The van der Waals surface area contributed by atoms with Gasteiger partial charge in [0.05, 0.1) is 18.6 Å². The van der Waals surface area contributed by atoms with Crippen LogP contribution in [0, 0.1) is 5.41 Å². The number of hydrogen-bond acceptors (Lipinski definition) is 5. The SMILES string of the molecule is COC(=O)C(C)(C)C(O[Si](C)(OC)OC)c1ccc2ccccc2c1. The van der Waals surface area contributed by atoms with Crippen molar-refractivity contribution in [2.75, 3.05) is 21.3 Å². The van der Waals surface area contributed by atoms with Gasteiger partial charge in [0.2, 0.25) is 0 Å². The van der Waals surface area contributed by atoms with Crippen LogP contribution in [0.25, 0.3) is 10.8 Å². The molecule has 0 amide bonds. The second-order valence-electron chi connectivity index (χ2n) is 6.59. The maximum Gasteiger partial charge on any atom is 0.497 e. The van der Waals surface area contributed by atoms with E-state index in [4.69, 9.17) is 18.0 Å². The third-order valence-electron chi connectivity index (χ3n) is 4.52. The first-order valence-electron chi connectivity index (χ1n) is 8.12. The molecule has 1 unspecified atom stereocenters. The van der Waals surface area contributed by atoms with Crippen LogP contribution in [0.4, 0.5) is 0 Å². The highest BCUT2D eigenvalue weighted by atomic mass is 28.4. The number of ether oxygens (including phenoxy) is 1. The van der Waals surface area contributed by atoms with Gasteiger partial charge in [-0.05, 0) is 36.2 Å². The standard InChI is InChI=1S/C19H26O5Si/c1-19(2,18(20)21-3)17(24-25(6,22-4)23-5)16-12-11-14-9-7-8-10-15(14)13-16/h7-13,17H,1-6H3. The van der Waals surface area contributed by atoms with Crippen molar-refractivity contribution in [3.63, 3.8) is 0 Å². The van der Waals surface area contributed by atoms with Crippen LogP contribution < -0.4 is 0 Å². The van der Waals surface area contributed by atoms with Gasteiger partial charge < -0.3 is 18.0 Å². The summed E-state index contributed by atoms with van der Waals surface area (Å²) in [4.78, 5) is 12.4. The number of rotatable bonds is 7. The van der Waals surface area contributed by atoms with Crippen molar-refractivity contribution in [3.8, 4) is 0 Å². The Balaban J connectivity index is 2.54. The summed E-state index contributed by atoms with van der Waals surface area (Å²) in [6.07, 6.45) is -0.568. The van der Waals surface area contributed by atoms with Crippen LogP contribution in [-0.2, 0) is 22.8 Å². The van der Waals surface area contributed by atoms with Gasteiger partial charge in [0.25, 0.3) is 0 Å². The molecule has 2 aromatic carbocycles. The molecule has 5 nitrogen and oxygen atoms in total. The lowest BCUT2D eigenvalue weighted by Crippen LogP contribution is -2.46. The van der Waals surface area contributed by atoms with Gasteiger partial charge >= 0.3 is 14.8 Å². The topological polar surface area (TPSA) is 54.0 Å². The monoisotopic (exact) mass is 362 g/mol. The predicted octanol–water partition coefficient (Wildman–Crippen LogP) is 3.96. The highest BCUT2D eigenvalue weighted by Gasteiger charge is 2.46. The van der Waals surface area contributed by atoms with Gasteiger partial charge in [0, 0.05) is 20.8 Å². The summed E-state index contributed by atoms with van der Waals surface area (Å²) < 4.78 is 22.2. The van der Waals surface area contributed by atoms with Crippen LogP contribution in [0.2, 0.25) is 6.55 Å². The minimum Gasteiger partial charge on any atom is -0.469 e. The highest BCUT2D eigenvalue weighted by molar-refractivity contribution is 6.59. The zero-order valence-corrected chi connectivity index (χ0v) is 16.7. The van der Waals surface area contributed by atoms with E-state index in [1.807, 2.05) is 42.5 Å². The van der Waals surface area contributed by atoms with Crippen molar-refractivity contribution in [3.05, 3.63) is 48.0 Å². The molecule has 0 saturated heterocycles. The van der Waals surface area contributed by atoms with E-state index >= 15 is 0 Å². The Kier molecular flexibility index (Phi) is 6.00. The van der Waals surface area contributed by atoms with Crippen LogP contribution in [-0.4, -0.2) is 36.1 Å². The van der Waals surface area contributed by atoms with Gasteiger partial charge in [-0.2, -0.15) is 0 Å². The summed E-state index contributed by atoms with van der Waals surface area (Å²) in [5, 5.41) is 2.20. The van der Waals surface area contributed by atoms with E-state index in [0.717, 1.165) is 16.3 Å². The van der Waals surface area contributed by atoms with E-state index in [2.05, 4.69) is 0 Å². The molecule has 2 aromatic rings. The summed E-state index contributed by atoms with van der Waals surface area (Å²) in [5.74, 6) is -0.353. The van der Waals surface area contributed by atoms with E-state index in [9.17, 15) is 4.79 Å². The van der Waals surface area contributed by atoms with Gasteiger partial charge in [-0.25, -0.2) is 0 Å². The smallest absolute Gasteiger partial charge is 0.469 e.